The topological polar surface area (TPSA) is 72.9 Å². The zero-order valence-electron chi connectivity index (χ0n) is 13.9. The van der Waals surface area contributed by atoms with Crippen LogP contribution in [0.3, 0.4) is 0 Å². The van der Waals surface area contributed by atoms with Gasteiger partial charge in [0, 0.05) is 17.8 Å². The van der Waals surface area contributed by atoms with Crippen LogP contribution in [0, 0.1) is 19.8 Å². The first-order valence-electron chi connectivity index (χ1n) is 7.60. The Morgan fingerprint density at radius 1 is 1.30 bits per heavy atom. The van der Waals surface area contributed by atoms with Gasteiger partial charge in [-0.15, -0.1) is 12.4 Å². The summed E-state index contributed by atoms with van der Waals surface area (Å²) in [4.78, 5) is 12.1. The second kappa shape index (κ2) is 8.70. The molecule has 6 heteroatoms. The smallest absolute Gasteiger partial charge is 0.224 e. The Hall–Kier alpha value is -1.85. The molecular weight excluding hydrogens is 312 g/mol. The summed E-state index contributed by atoms with van der Waals surface area (Å²) in [6.45, 7) is 7.14. The van der Waals surface area contributed by atoms with E-state index < -0.39 is 0 Å². The van der Waals surface area contributed by atoms with Gasteiger partial charge in [-0.25, -0.2) is 4.68 Å². The largest absolute Gasteiger partial charge is 0.355 e. The van der Waals surface area contributed by atoms with E-state index in [1.54, 1.807) is 0 Å². The lowest BCUT2D eigenvalue weighted by Gasteiger charge is -2.10. The number of carbonyl (C=O) groups is 1. The molecule has 0 bridgehead atoms. The Balaban J connectivity index is 0.00000264. The number of rotatable bonds is 6. The summed E-state index contributed by atoms with van der Waals surface area (Å²) in [5.41, 5.74) is 9.45. The van der Waals surface area contributed by atoms with Gasteiger partial charge in [0.25, 0.3) is 0 Å². The Bertz CT molecular complexity index is 640. The summed E-state index contributed by atoms with van der Waals surface area (Å²) in [7, 11) is 0. The molecule has 0 fully saturated rings. The molecule has 1 heterocycles. The Kier molecular flexibility index (Phi) is 7.26. The molecule has 0 saturated heterocycles. The van der Waals surface area contributed by atoms with Crippen LogP contribution in [-0.4, -0.2) is 28.8 Å². The molecule has 2 aromatic rings. The van der Waals surface area contributed by atoms with E-state index in [1.807, 2.05) is 55.8 Å². The second-order valence-corrected chi connectivity index (χ2v) is 5.72. The van der Waals surface area contributed by atoms with E-state index in [0.29, 0.717) is 19.5 Å². The number of carbonyl (C=O) groups excluding carboxylic acids is 1. The summed E-state index contributed by atoms with van der Waals surface area (Å²) in [6.07, 6.45) is 0.349. The Morgan fingerprint density at radius 2 is 1.96 bits per heavy atom. The SMILES string of the molecule is Cc1nn(-c2ccccc2)c(C)c1CC(=O)NCC(C)CN.Cl. The third-order valence-corrected chi connectivity index (χ3v) is 3.83. The summed E-state index contributed by atoms with van der Waals surface area (Å²) in [5.74, 6) is 0.303. The average molecular weight is 337 g/mol. The van der Waals surface area contributed by atoms with Crippen LogP contribution in [-0.2, 0) is 11.2 Å². The van der Waals surface area contributed by atoms with Crippen LogP contribution in [0.4, 0.5) is 0 Å². The van der Waals surface area contributed by atoms with Crippen LogP contribution in [0.5, 0.6) is 0 Å². The van der Waals surface area contributed by atoms with Crippen molar-refractivity contribution in [1.82, 2.24) is 15.1 Å². The molecule has 0 radical (unpaired) electrons. The van der Waals surface area contributed by atoms with Crippen LogP contribution < -0.4 is 11.1 Å². The van der Waals surface area contributed by atoms with E-state index in [1.165, 1.54) is 0 Å². The fraction of sp³-hybridized carbons (Fsp3) is 0.412. The molecule has 126 valence electrons. The maximum atomic E-state index is 12.1. The zero-order valence-corrected chi connectivity index (χ0v) is 14.7. The lowest BCUT2D eigenvalue weighted by atomic mass is 10.1. The van der Waals surface area contributed by atoms with E-state index in [2.05, 4.69) is 10.4 Å². The number of benzene rings is 1. The minimum Gasteiger partial charge on any atom is -0.355 e. The first kappa shape index (κ1) is 19.2. The van der Waals surface area contributed by atoms with Gasteiger partial charge in [0.05, 0.1) is 17.8 Å². The fourth-order valence-electron chi connectivity index (χ4n) is 2.35. The number of aromatic nitrogens is 2. The van der Waals surface area contributed by atoms with Crippen molar-refractivity contribution in [2.24, 2.45) is 11.7 Å². The number of nitrogens with zero attached hydrogens (tertiary/aromatic N) is 2. The summed E-state index contributed by atoms with van der Waals surface area (Å²) < 4.78 is 1.89. The number of nitrogens with one attached hydrogen (secondary N) is 1. The minimum atomic E-state index is 0. The van der Waals surface area contributed by atoms with E-state index in [9.17, 15) is 4.79 Å². The van der Waals surface area contributed by atoms with Gasteiger partial charge in [-0.05, 0) is 38.4 Å². The summed E-state index contributed by atoms with van der Waals surface area (Å²) in [5, 5.41) is 7.49. The molecule has 0 aliphatic rings. The highest BCUT2D eigenvalue weighted by Gasteiger charge is 2.16. The standard InChI is InChI=1S/C17H24N4O.ClH/c1-12(10-18)11-19-17(22)9-16-13(2)20-21(14(16)3)15-7-5-4-6-8-15;/h4-8,12H,9-11,18H2,1-3H3,(H,19,22);1H. The van der Waals surface area contributed by atoms with Crippen LogP contribution in [0.1, 0.15) is 23.9 Å². The van der Waals surface area contributed by atoms with Gasteiger partial charge in [0.15, 0.2) is 0 Å². The second-order valence-electron chi connectivity index (χ2n) is 5.72. The lowest BCUT2D eigenvalue weighted by Crippen LogP contribution is -2.32. The van der Waals surface area contributed by atoms with Gasteiger partial charge in [-0.1, -0.05) is 25.1 Å². The van der Waals surface area contributed by atoms with Gasteiger partial charge in [-0.2, -0.15) is 5.10 Å². The van der Waals surface area contributed by atoms with E-state index >= 15 is 0 Å². The van der Waals surface area contributed by atoms with E-state index in [0.717, 1.165) is 22.6 Å². The number of nitrogens with two attached hydrogens (primary N) is 1. The molecule has 0 saturated carbocycles. The Labute approximate surface area is 143 Å². The highest BCUT2D eigenvalue weighted by Crippen LogP contribution is 2.18. The first-order chi connectivity index (χ1) is 10.5. The fourth-order valence-corrected chi connectivity index (χ4v) is 2.35. The predicted molar refractivity (Wildman–Crippen MR) is 95.2 cm³/mol. The molecule has 1 aromatic heterocycles. The molecule has 1 amide bonds. The molecule has 1 atom stereocenters. The number of halogens is 1. The van der Waals surface area contributed by atoms with E-state index in [4.69, 9.17) is 5.73 Å². The molecule has 23 heavy (non-hydrogen) atoms. The third-order valence-electron chi connectivity index (χ3n) is 3.83. The third kappa shape index (κ3) is 4.81. The number of amides is 1. The molecule has 1 aromatic carbocycles. The van der Waals surface area contributed by atoms with Crippen LogP contribution in [0.15, 0.2) is 30.3 Å². The number of aryl methyl sites for hydroxylation is 1. The van der Waals surface area contributed by atoms with E-state index in [-0.39, 0.29) is 24.2 Å². The summed E-state index contributed by atoms with van der Waals surface area (Å²) >= 11 is 0. The van der Waals surface area contributed by atoms with Gasteiger partial charge < -0.3 is 11.1 Å². The quantitative estimate of drug-likeness (QED) is 0.849. The summed E-state index contributed by atoms with van der Waals surface area (Å²) in [6, 6.07) is 9.94. The molecule has 0 aliphatic heterocycles. The van der Waals surface area contributed by atoms with Crippen molar-refractivity contribution in [2.45, 2.75) is 27.2 Å². The van der Waals surface area contributed by atoms with Gasteiger partial charge in [-0.3, -0.25) is 4.79 Å². The van der Waals surface area contributed by atoms with Crippen molar-refractivity contribution in [3.8, 4) is 5.69 Å². The molecule has 1 unspecified atom stereocenters. The normalized spacial score (nSPS) is 11.7. The van der Waals surface area contributed by atoms with Crippen molar-refractivity contribution < 1.29 is 4.79 Å². The van der Waals surface area contributed by atoms with Crippen LogP contribution in [0.2, 0.25) is 0 Å². The molecule has 5 nitrogen and oxygen atoms in total. The van der Waals surface area contributed by atoms with Gasteiger partial charge in [0.2, 0.25) is 5.91 Å². The molecular formula is C17H25ClN4O. The van der Waals surface area contributed by atoms with Crippen LogP contribution >= 0.6 is 12.4 Å². The van der Waals surface area contributed by atoms with Crippen LogP contribution in [0.25, 0.3) is 5.69 Å². The number of hydrogen-bond donors (Lipinski definition) is 2. The Morgan fingerprint density at radius 3 is 2.57 bits per heavy atom. The zero-order chi connectivity index (χ0) is 16.1. The highest BCUT2D eigenvalue weighted by atomic mass is 35.5. The predicted octanol–water partition coefficient (Wildman–Crippen LogP) is 2.16. The minimum absolute atomic E-state index is 0. The van der Waals surface area contributed by atoms with Crippen molar-refractivity contribution >= 4 is 18.3 Å². The number of hydrogen-bond acceptors (Lipinski definition) is 3. The van der Waals surface area contributed by atoms with Crippen molar-refractivity contribution in [3.63, 3.8) is 0 Å². The molecule has 2 rings (SSSR count). The average Bonchev–Trinajstić information content (AvgIpc) is 2.81. The monoisotopic (exact) mass is 336 g/mol. The van der Waals surface area contributed by atoms with Crippen molar-refractivity contribution in [3.05, 3.63) is 47.3 Å². The van der Waals surface area contributed by atoms with Gasteiger partial charge >= 0.3 is 0 Å². The maximum absolute atomic E-state index is 12.1. The molecule has 0 spiro atoms. The number of para-hydroxylation sites is 1. The highest BCUT2D eigenvalue weighted by molar-refractivity contribution is 5.85. The molecule has 3 N–H and O–H groups in total. The van der Waals surface area contributed by atoms with Crippen molar-refractivity contribution in [2.75, 3.05) is 13.1 Å². The molecule has 0 aliphatic carbocycles. The maximum Gasteiger partial charge on any atom is 0.224 e. The lowest BCUT2D eigenvalue weighted by molar-refractivity contribution is -0.120. The first-order valence-corrected chi connectivity index (χ1v) is 7.60. The van der Waals surface area contributed by atoms with Crippen molar-refractivity contribution in [1.29, 1.82) is 0 Å². The van der Waals surface area contributed by atoms with Gasteiger partial charge in [0.1, 0.15) is 0 Å².